The van der Waals surface area contributed by atoms with Gasteiger partial charge in [-0.3, -0.25) is 0 Å². The van der Waals surface area contributed by atoms with Crippen molar-refractivity contribution in [1.82, 2.24) is 15.0 Å². The molecule has 5 nitrogen and oxygen atoms in total. The second kappa shape index (κ2) is 2.85. The van der Waals surface area contributed by atoms with Crippen molar-refractivity contribution in [2.45, 2.75) is 0 Å². The van der Waals surface area contributed by atoms with Crippen molar-refractivity contribution in [2.24, 2.45) is 0 Å². The van der Waals surface area contributed by atoms with E-state index in [0.717, 1.165) is 11.0 Å². The molecule has 0 saturated carbocycles. The smallest absolute Gasteiger partial charge is 0.311 e. The van der Waals surface area contributed by atoms with E-state index in [-0.39, 0.29) is 6.02 Å². The summed E-state index contributed by atoms with van der Waals surface area (Å²) in [5.41, 5.74) is 1.53. The fourth-order valence-electron chi connectivity index (χ4n) is 1.11. The number of benzene rings is 1. The number of aromatic nitrogens is 3. The Hall–Kier alpha value is -1.91. The van der Waals surface area contributed by atoms with Gasteiger partial charge >= 0.3 is 6.02 Å². The molecule has 0 aliphatic rings. The number of nitrogens with one attached hydrogen (secondary N) is 1. The Kier molecular flexibility index (Phi) is 1.70. The summed E-state index contributed by atoms with van der Waals surface area (Å²) in [4.78, 5) is 0. The molecule has 1 N–H and O–H groups in total. The summed E-state index contributed by atoms with van der Waals surface area (Å²) in [5, 5.41) is 15.1. The van der Waals surface area contributed by atoms with Gasteiger partial charge in [0, 0.05) is 0 Å². The molecule has 1 aromatic carbocycles. The SMILES string of the molecule is COC(=N)n1nnc2ccccc21. The van der Waals surface area contributed by atoms with E-state index in [9.17, 15) is 0 Å². The molecule has 1 heterocycles. The molecule has 0 spiro atoms. The van der Waals surface area contributed by atoms with E-state index < -0.39 is 0 Å². The zero-order chi connectivity index (χ0) is 9.26. The second-order valence-electron chi connectivity index (χ2n) is 2.50. The molecule has 0 unspecified atom stereocenters. The number of methoxy groups -OCH3 is 1. The summed E-state index contributed by atoms with van der Waals surface area (Å²) in [6.07, 6.45) is 0. The quantitative estimate of drug-likeness (QED) is 0.478. The average Bonchev–Trinajstić information content (AvgIpc) is 2.60. The summed E-state index contributed by atoms with van der Waals surface area (Å²) < 4.78 is 6.09. The molecule has 1 aromatic heterocycles. The number of para-hydroxylation sites is 1. The highest BCUT2D eigenvalue weighted by atomic mass is 16.5. The van der Waals surface area contributed by atoms with E-state index >= 15 is 0 Å². The largest absolute Gasteiger partial charge is 0.467 e. The highest BCUT2D eigenvalue weighted by molar-refractivity contribution is 5.85. The van der Waals surface area contributed by atoms with Gasteiger partial charge in [-0.15, -0.1) is 5.10 Å². The third-order valence-corrected chi connectivity index (χ3v) is 1.74. The molecule has 0 fully saturated rings. The maximum Gasteiger partial charge on any atom is 0.311 e. The number of hydrogen-bond acceptors (Lipinski definition) is 4. The van der Waals surface area contributed by atoms with Crippen LogP contribution in [-0.2, 0) is 4.74 Å². The van der Waals surface area contributed by atoms with Crippen LogP contribution in [0.3, 0.4) is 0 Å². The molecule has 0 radical (unpaired) electrons. The lowest BCUT2D eigenvalue weighted by atomic mass is 10.3. The van der Waals surface area contributed by atoms with E-state index in [0.29, 0.717) is 0 Å². The Morgan fingerprint density at radius 2 is 2.23 bits per heavy atom. The van der Waals surface area contributed by atoms with Crippen LogP contribution in [0.25, 0.3) is 11.0 Å². The van der Waals surface area contributed by atoms with Gasteiger partial charge < -0.3 is 4.74 Å². The third kappa shape index (κ3) is 1.14. The first-order valence-corrected chi connectivity index (χ1v) is 3.76. The molecule has 0 aliphatic carbocycles. The monoisotopic (exact) mass is 176 g/mol. The van der Waals surface area contributed by atoms with Crippen LogP contribution in [-0.4, -0.2) is 28.1 Å². The molecule has 0 amide bonds. The first-order chi connectivity index (χ1) is 6.33. The van der Waals surface area contributed by atoms with Gasteiger partial charge in [-0.05, 0) is 12.1 Å². The molecule has 2 rings (SSSR count). The van der Waals surface area contributed by atoms with Crippen LogP contribution in [0.1, 0.15) is 0 Å². The predicted octanol–water partition coefficient (Wildman–Crippen LogP) is 0.861. The van der Waals surface area contributed by atoms with E-state index in [1.165, 1.54) is 11.8 Å². The zero-order valence-corrected chi connectivity index (χ0v) is 7.06. The van der Waals surface area contributed by atoms with Crippen LogP contribution in [0.2, 0.25) is 0 Å². The van der Waals surface area contributed by atoms with Crippen molar-refractivity contribution in [2.75, 3.05) is 7.11 Å². The standard InChI is InChI=1S/C8H8N4O/c1-13-8(9)12-7-5-3-2-4-6(7)10-11-12/h2-5,9H,1H3. The van der Waals surface area contributed by atoms with Crippen molar-refractivity contribution in [1.29, 1.82) is 5.41 Å². The maximum absolute atomic E-state index is 7.42. The number of ether oxygens (including phenoxy) is 1. The number of hydrogen-bond donors (Lipinski definition) is 1. The second-order valence-corrected chi connectivity index (χ2v) is 2.50. The Balaban J connectivity index is 2.64. The van der Waals surface area contributed by atoms with Crippen molar-refractivity contribution in [3.63, 3.8) is 0 Å². The summed E-state index contributed by atoms with van der Waals surface area (Å²) in [5.74, 6) is 0. The first-order valence-electron chi connectivity index (χ1n) is 3.76. The minimum absolute atomic E-state index is 0.0336. The Bertz CT molecular complexity index is 448. The first kappa shape index (κ1) is 7.72. The number of rotatable bonds is 0. The van der Waals surface area contributed by atoms with Gasteiger partial charge in [-0.2, -0.15) is 4.68 Å². The molecule has 13 heavy (non-hydrogen) atoms. The molecule has 0 bridgehead atoms. The van der Waals surface area contributed by atoms with Crippen molar-refractivity contribution < 1.29 is 4.74 Å². The van der Waals surface area contributed by atoms with Crippen molar-refractivity contribution >= 4 is 17.1 Å². The minimum Gasteiger partial charge on any atom is -0.467 e. The van der Waals surface area contributed by atoms with Crippen molar-refractivity contribution in [3.8, 4) is 0 Å². The van der Waals surface area contributed by atoms with Crippen LogP contribution in [0.5, 0.6) is 0 Å². The lowest BCUT2D eigenvalue weighted by Gasteiger charge is -2.00. The summed E-state index contributed by atoms with van der Waals surface area (Å²) in [6, 6.07) is 7.38. The maximum atomic E-state index is 7.42. The van der Waals surface area contributed by atoms with Gasteiger partial charge in [0.25, 0.3) is 0 Å². The van der Waals surface area contributed by atoms with E-state index in [1.54, 1.807) is 0 Å². The molecular formula is C8H8N4O. The molecule has 66 valence electrons. The highest BCUT2D eigenvalue weighted by Gasteiger charge is 2.06. The fourth-order valence-corrected chi connectivity index (χ4v) is 1.11. The van der Waals surface area contributed by atoms with Gasteiger partial charge in [-0.25, -0.2) is 5.41 Å². The van der Waals surface area contributed by atoms with Gasteiger partial charge in [0.15, 0.2) is 0 Å². The average molecular weight is 176 g/mol. The molecule has 5 heteroatoms. The van der Waals surface area contributed by atoms with Crippen LogP contribution in [0.15, 0.2) is 24.3 Å². The molecule has 0 atom stereocenters. The molecule has 0 aliphatic heterocycles. The third-order valence-electron chi connectivity index (χ3n) is 1.74. The lowest BCUT2D eigenvalue weighted by Crippen LogP contribution is -2.13. The topological polar surface area (TPSA) is 63.8 Å². The summed E-state index contributed by atoms with van der Waals surface area (Å²) in [7, 11) is 1.43. The van der Waals surface area contributed by atoms with Gasteiger partial charge in [0.1, 0.15) is 5.52 Å². The highest BCUT2D eigenvalue weighted by Crippen LogP contribution is 2.08. The van der Waals surface area contributed by atoms with Crippen molar-refractivity contribution in [3.05, 3.63) is 24.3 Å². The number of fused-ring (bicyclic) bond motifs is 1. The minimum atomic E-state index is -0.0336. The fraction of sp³-hybridized carbons (Fsp3) is 0.125. The number of nitrogens with zero attached hydrogens (tertiary/aromatic N) is 3. The lowest BCUT2D eigenvalue weighted by molar-refractivity contribution is 0.374. The van der Waals surface area contributed by atoms with Crippen LogP contribution >= 0.6 is 0 Å². The van der Waals surface area contributed by atoms with E-state index in [2.05, 4.69) is 10.3 Å². The summed E-state index contributed by atoms with van der Waals surface area (Å²) >= 11 is 0. The van der Waals surface area contributed by atoms with Crippen LogP contribution in [0, 0.1) is 5.41 Å². The normalized spacial score (nSPS) is 10.2. The summed E-state index contributed by atoms with van der Waals surface area (Å²) in [6.45, 7) is 0. The zero-order valence-electron chi connectivity index (χ0n) is 7.06. The Morgan fingerprint density at radius 3 is 3.00 bits per heavy atom. The molecular weight excluding hydrogens is 168 g/mol. The van der Waals surface area contributed by atoms with Crippen LogP contribution < -0.4 is 0 Å². The molecule has 0 saturated heterocycles. The van der Waals surface area contributed by atoms with E-state index in [1.807, 2.05) is 24.3 Å². The van der Waals surface area contributed by atoms with Gasteiger partial charge in [0.05, 0.1) is 12.6 Å². The Labute approximate surface area is 74.4 Å². The predicted molar refractivity (Wildman–Crippen MR) is 47.7 cm³/mol. The van der Waals surface area contributed by atoms with Gasteiger partial charge in [0.2, 0.25) is 0 Å². The van der Waals surface area contributed by atoms with Crippen LogP contribution in [0.4, 0.5) is 0 Å². The van der Waals surface area contributed by atoms with Gasteiger partial charge in [-0.1, -0.05) is 17.3 Å². The van der Waals surface area contributed by atoms with E-state index in [4.69, 9.17) is 10.1 Å². The Morgan fingerprint density at radius 1 is 1.46 bits per heavy atom. The molecule has 2 aromatic rings.